The second kappa shape index (κ2) is 7.57. The van der Waals surface area contributed by atoms with Crippen molar-refractivity contribution in [3.8, 4) is 0 Å². The summed E-state index contributed by atoms with van der Waals surface area (Å²) in [5, 5.41) is 17.5. The molecule has 0 saturated heterocycles. The Morgan fingerprint density at radius 1 is 1.48 bits per heavy atom. The van der Waals surface area contributed by atoms with Crippen LogP contribution >= 0.6 is 11.6 Å². The number of nitro groups is 1. The lowest BCUT2D eigenvalue weighted by atomic mass is 10.1. The predicted molar refractivity (Wildman–Crippen MR) is 77.6 cm³/mol. The van der Waals surface area contributed by atoms with Crippen LogP contribution in [0.1, 0.15) is 0 Å². The quantitative estimate of drug-likeness (QED) is 0.275. The highest BCUT2D eigenvalue weighted by atomic mass is 35.5. The molecule has 0 fully saturated rings. The van der Waals surface area contributed by atoms with Crippen LogP contribution in [0.5, 0.6) is 0 Å². The fourth-order valence-corrected chi connectivity index (χ4v) is 3.60. The van der Waals surface area contributed by atoms with Gasteiger partial charge in [-0.15, -0.1) is 11.6 Å². The molecular weight excluding hydrogens is 322 g/mol. The van der Waals surface area contributed by atoms with Crippen LogP contribution in [0.3, 0.4) is 0 Å². The summed E-state index contributed by atoms with van der Waals surface area (Å²) in [6.07, 6.45) is 0. The van der Waals surface area contributed by atoms with Gasteiger partial charge in [-0.05, 0) is 11.2 Å². The number of alkyl halides is 1. The van der Waals surface area contributed by atoms with E-state index >= 15 is 0 Å². The van der Waals surface area contributed by atoms with E-state index in [0.29, 0.717) is 0 Å². The Morgan fingerprint density at radius 2 is 2.05 bits per heavy atom. The Hall–Kier alpha value is -1.39. The number of carbonyl (C=O) groups is 1. The number of nitrogens with two attached hydrogens (primary N) is 2. The zero-order valence-corrected chi connectivity index (χ0v) is 12.3. The zero-order valence-electron chi connectivity index (χ0n) is 10.7. The average molecular weight is 336 g/mol. The topological polar surface area (TPSA) is 156 Å². The van der Waals surface area contributed by atoms with Crippen LogP contribution in [0.25, 0.3) is 0 Å². The van der Waals surface area contributed by atoms with Gasteiger partial charge < -0.3 is 21.1 Å². The number of hydrogen-bond acceptors (Lipinski definition) is 6. The highest BCUT2D eigenvalue weighted by Crippen LogP contribution is 2.29. The molecule has 0 saturated carbocycles. The van der Waals surface area contributed by atoms with Crippen molar-refractivity contribution in [1.82, 2.24) is 0 Å². The van der Waals surface area contributed by atoms with Crippen molar-refractivity contribution in [3.63, 3.8) is 0 Å². The molecule has 116 valence electrons. The van der Waals surface area contributed by atoms with Crippen LogP contribution in [-0.2, 0) is 16.0 Å². The first kappa shape index (κ1) is 17.7. The summed E-state index contributed by atoms with van der Waals surface area (Å²) >= 11 is 3.96. The Bertz CT molecular complexity index is 532. The monoisotopic (exact) mass is 335 g/mol. The highest BCUT2D eigenvalue weighted by molar-refractivity contribution is 7.92. The Morgan fingerprint density at radius 3 is 2.52 bits per heavy atom. The number of benzene rings is 1. The maximum absolute atomic E-state index is 12.5. The molecule has 4 unspecified atom stereocenters. The Labute approximate surface area is 128 Å². The normalized spacial score (nSPS) is 16.8. The van der Waals surface area contributed by atoms with Gasteiger partial charge in [0.1, 0.15) is 11.4 Å². The first-order valence-corrected chi connectivity index (χ1v) is 7.42. The van der Waals surface area contributed by atoms with Gasteiger partial charge >= 0.3 is 11.7 Å². The molecule has 5 N–H and O–H groups in total. The molecule has 0 amide bonds. The summed E-state index contributed by atoms with van der Waals surface area (Å²) in [6, 6.07) is 3.94. The van der Waals surface area contributed by atoms with Gasteiger partial charge in [0.15, 0.2) is 5.25 Å². The summed E-state index contributed by atoms with van der Waals surface area (Å²) in [4.78, 5) is 21.0. The number of halogens is 1. The molecule has 0 aliphatic carbocycles. The number of rotatable bonds is 7. The smallest absolute Gasteiger partial charge is 0.323 e. The van der Waals surface area contributed by atoms with Gasteiger partial charge in [0.05, 0.1) is 4.92 Å². The van der Waals surface area contributed by atoms with Gasteiger partial charge in [-0.3, -0.25) is 14.9 Å². The van der Waals surface area contributed by atoms with Crippen LogP contribution in [-0.4, -0.2) is 43.8 Å². The van der Waals surface area contributed by atoms with E-state index in [9.17, 15) is 19.5 Å². The molecule has 10 heteroatoms. The SMILES string of the molecule is NCC(C(Cl)C(N)C(=O)O)[S+]([O-])c1ccccc1[N+](=O)[O-]. The minimum atomic E-state index is -1.96. The highest BCUT2D eigenvalue weighted by Gasteiger charge is 2.40. The Kier molecular flexibility index (Phi) is 6.37. The third-order valence-corrected chi connectivity index (χ3v) is 5.31. The van der Waals surface area contributed by atoms with Crippen molar-refractivity contribution in [2.24, 2.45) is 11.5 Å². The number of nitrogens with zero attached hydrogens (tertiary/aromatic N) is 1. The first-order valence-electron chi connectivity index (χ1n) is 5.77. The fourth-order valence-electron chi connectivity index (χ4n) is 1.64. The largest absolute Gasteiger partial charge is 0.611 e. The van der Waals surface area contributed by atoms with Crippen LogP contribution in [0, 0.1) is 10.1 Å². The minimum absolute atomic E-state index is 0.0683. The number of carboxylic acid groups (broad SMARTS) is 1. The first-order chi connectivity index (χ1) is 9.81. The summed E-state index contributed by atoms with van der Waals surface area (Å²) in [6.45, 7) is -0.228. The number of hydrogen-bond donors (Lipinski definition) is 3. The van der Waals surface area contributed by atoms with E-state index in [2.05, 4.69) is 0 Å². The molecule has 1 aromatic rings. The van der Waals surface area contributed by atoms with E-state index in [-0.39, 0.29) is 17.1 Å². The maximum Gasteiger partial charge on any atom is 0.323 e. The predicted octanol–water partition coefficient (Wildman–Crippen LogP) is 0.0490. The summed E-state index contributed by atoms with van der Waals surface area (Å²) in [7, 11) is 0. The van der Waals surface area contributed by atoms with Crippen molar-refractivity contribution in [1.29, 1.82) is 0 Å². The summed E-state index contributed by atoms with van der Waals surface area (Å²) in [5.74, 6) is -1.37. The molecule has 0 radical (unpaired) electrons. The molecular formula is C11H14ClN3O5S. The van der Waals surface area contributed by atoms with Crippen molar-refractivity contribution < 1.29 is 19.4 Å². The number of para-hydroxylation sites is 1. The lowest BCUT2D eigenvalue weighted by Gasteiger charge is -2.25. The van der Waals surface area contributed by atoms with Crippen LogP contribution < -0.4 is 11.5 Å². The molecule has 4 atom stereocenters. The minimum Gasteiger partial charge on any atom is -0.611 e. The molecule has 0 bridgehead atoms. The summed E-state index contributed by atoms with van der Waals surface area (Å²) < 4.78 is 12.5. The molecule has 0 spiro atoms. The van der Waals surface area contributed by atoms with Gasteiger partial charge in [0, 0.05) is 18.7 Å². The van der Waals surface area contributed by atoms with E-state index in [0.717, 1.165) is 0 Å². The average Bonchev–Trinajstić information content (AvgIpc) is 2.46. The van der Waals surface area contributed by atoms with Gasteiger partial charge in [-0.1, -0.05) is 12.1 Å². The van der Waals surface area contributed by atoms with Crippen LogP contribution in [0.4, 0.5) is 5.69 Å². The van der Waals surface area contributed by atoms with Crippen LogP contribution in [0.15, 0.2) is 29.2 Å². The van der Waals surface area contributed by atoms with E-state index in [1.165, 1.54) is 24.3 Å². The number of nitro benzene ring substituents is 1. The molecule has 0 aliphatic heterocycles. The number of carboxylic acids is 1. The van der Waals surface area contributed by atoms with Crippen LogP contribution in [0.2, 0.25) is 0 Å². The molecule has 0 heterocycles. The second-order valence-electron chi connectivity index (χ2n) is 4.10. The van der Waals surface area contributed by atoms with E-state index in [1.807, 2.05) is 0 Å². The third kappa shape index (κ3) is 4.05. The van der Waals surface area contributed by atoms with E-state index < -0.39 is 38.7 Å². The standard InChI is InChI=1S/C11H14ClN3O5S/c12-9(10(14)11(16)17)8(5-13)21(20)7-4-2-1-3-6(7)15(18)19/h1-4,8-10H,5,13-14H2,(H,16,17). The zero-order chi connectivity index (χ0) is 16.2. The molecule has 1 aromatic carbocycles. The second-order valence-corrected chi connectivity index (χ2v) is 6.25. The van der Waals surface area contributed by atoms with Crippen molar-refractivity contribution >= 4 is 34.4 Å². The summed E-state index contributed by atoms with van der Waals surface area (Å²) in [5.41, 5.74) is 10.5. The van der Waals surface area contributed by atoms with E-state index in [1.54, 1.807) is 0 Å². The van der Waals surface area contributed by atoms with Gasteiger partial charge in [-0.25, -0.2) is 0 Å². The van der Waals surface area contributed by atoms with Crippen molar-refractivity contribution in [3.05, 3.63) is 34.4 Å². The number of aliphatic carboxylic acids is 1. The lowest BCUT2D eigenvalue weighted by Crippen LogP contribution is -2.50. The van der Waals surface area contributed by atoms with E-state index in [4.69, 9.17) is 28.2 Å². The van der Waals surface area contributed by atoms with Crippen molar-refractivity contribution in [2.45, 2.75) is 21.6 Å². The third-order valence-electron chi connectivity index (χ3n) is 2.77. The lowest BCUT2D eigenvalue weighted by molar-refractivity contribution is -0.387. The molecule has 0 aromatic heterocycles. The maximum atomic E-state index is 12.5. The van der Waals surface area contributed by atoms with Gasteiger partial charge in [0.25, 0.3) is 0 Å². The van der Waals surface area contributed by atoms with Crippen molar-refractivity contribution in [2.75, 3.05) is 6.54 Å². The molecule has 8 nitrogen and oxygen atoms in total. The Balaban J connectivity index is 3.12. The molecule has 21 heavy (non-hydrogen) atoms. The fraction of sp³-hybridized carbons (Fsp3) is 0.364. The van der Waals surface area contributed by atoms with Gasteiger partial charge in [0.2, 0.25) is 4.90 Å². The molecule has 1 rings (SSSR count). The molecule has 0 aliphatic rings. The van der Waals surface area contributed by atoms with Gasteiger partial charge in [-0.2, -0.15) is 0 Å².